The molecule has 2 rings (SSSR count). The van der Waals surface area contributed by atoms with Crippen molar-refractivity contribution in [2.45, 2.75) is 26.3 Å². The highest BCUT2D eigenvalue weighted by Gasteiger charge is 2.05. The minimum atomic E-state index is 0.437. The third-order valence-corrected chi connectivity index (χ3v) is 4.23. The van der Waals surface area contributed by atoms with Crippen LogP contribution in [0.4, 0.5) is 0 Å². The van der Waals surface area contributed by atoms with Gasteiger partial charge in [-0.1, -0.05) is 0 Å². The number of aryl methyl sites for hydroxylation is 1. The van der Waals surface area contributed by atoms with Crippen LogP contribution in [0.5, 0.6) is 0 Å². The Morgan fingerprint density at radius 2 is 2.31 bits per heavy atom. The lowest BCUT2D eigenvalue weighted by Gasteiger charge is -2.11. The zero-order valence-electron chi connectivity index (χ0n) is 9.56. The summed E-state index contributed by atoms with van der Waals surface area (Å²) in [4.78, 5) is 4.45. The van der Waals surface area contributed by atoms with Gasteiger partial charge in [-0.3, -0.25) is 0 Å². The molecular weight excluding hydrogens is 236 g/mol. The molecule has 0 saturated carbocycles. The molecule has 86 valence electrons. The lowest BCUT2D eigenvalue weighted by Crippen LogP contribution is -2.20. The molecule has 4 heteroatoms. The molecule has 16 heavy (non-hydrogen) atoms. The van der Waals surface area contributed by atoms with Gasteiger partial charge in [0.15, 0.2) is 0 Å². The molecule has 0 aliphatic rings. The molecule has 0 amide bonds. The summed E-state index contributed by atoms with van der Waals surface area (Å²) in [6, 6.07) is 2.61. The Balaban J connectivity index is 1.76. The van der Waals surface area contributed by atoms with E-state index < -0.39 is 0 Å². The molecule has 0 aliphatic carbocycles. The lowest BCUT2D eigenvalue weighted by atomic mass is 10.2. The van der Waals surface area contributed by atoms with Crippen LogP contribution in [0, 0.1) is 6.92 Å². The fourth-order valence-corrected chi connectivity index (χ4v) is 3.08. The normalized spacial score (nSPS) is 12.9. The van der Waals surface area contributed by atoms with Crippen molar-refractivity contribution in [2.24, 2.45) is 0 Å². The van der Waals surface area contributed by atoms with Gasteiger partial charge in [-0.25, -0.2) is 4.98 Å². The second-order valence-electron chi connectivity index (χ2n) is 3.87. The van der Waals surface area contributed by atoms with E-state index in [1.54, 1.807) is 22.7 Å². The van der Waals surface area contributed by atoms with Crippen LogP contribution in [0.25, 0.3) is 0 Å². The Hall–Kier alpha value is -0.710. The maximum atomic E-state index is 4.45. The quantitative estimate of drug-likeness (QED) is 0.882. The van der Waals surface area contributed by atoms with Crippen molar-refractivity contribution in [3.63, 3.8) is 0 Å². The first kappa shape index (κ1) is 11.8. The van der Waals surface area contributed by atoms with Gasteiger partial charge >= 0.3 is 0 Å². The number of rotatable bonds is 5. The van der Waals surface area contributed by atoms with Crippen LogP contribution in [0.15, 0.2) is 22.2 Å². The van der Waals surface area contributed by atoms with E-state index in [1.165, 1.54) is 10.6 Å². The Morgan fingerprint density at radius 1 is 1.44 bits per heavy atom. The number of nitrogens with zero attached hydrogens (tertiary/aromatic N) is 1. The Morgan fingerprint density at radius 3 is 2.94 bits per heavy atom. The third-order valence-electron chi connectivity index (χ3n) is 2.50. The second-order valence-corrected chi connectivity index (χ2v) is 5.59. The average molecular weight is 252 g/mol. The van der Waals surface area contributed by atoms with Gasteiger partial charge in [0.05, 0.1) is 5.01 Å². The third kappa shape index (κ3) is 3.14. The van der Waals surface area contributed by atoms with Gasteiger partial charge in [-0.2, -0.15) is 11.3 Å². The molecule has 1 N–H and O–H groups in total. The van der Waals surface area contributed by atoms with Crippen molar-refractivity contribution < 1.29 is 0 Å². The highest BCUT2D eigenvalue weighted by Crippen LogP contribution is 2.15. The highest BCUT2D eigenvalue weighted by molar-refractivity contribution is 7.09. The largest absolute Gasteiger partial charge is 0.310 e. The smallest absolute Gasteiger partial charge is 0.0940 e. The first-order valence-corrected chi connectivity index (χ1v) is 7.24. The summed E-state index contributed by atoms with van der Waals surface area (Å²) in [7, 11) is 0. The maximum Gasteiger partial charge on any atom is 0.0940 e. The van der Waals surface area contributed by atoms with E-state index in [1.807, 2.05) is 6.92 Å². The molecule has 2 nitrogen and oxygen atoms in total. The molecule has 2 heterocycles. The van der Waals surface area contributed by atoms with Crippen molar-refractivity contribution in [3.8, 4) is 0 Å². The summed E-state index contributed by atoms with van der Waals surface area (Å²) in [6.45, 7) is 5.24. The van der Waals surface area contributed by atoms with Gasteiger partial charge in [-0.15, -0.1) is 11.3 Å². The van der Waals surface area contributed by atoms with E-state index in [4.69, 9.17) is 0 Å². The first-order chi connectivity index (χ1) is 7.75. The highest BCUT2D eigenvalue weighted by atomic mass is 32.1. The molecule has 0 radical (unpaired) electrons. The van der Waals surface area contributed by atoms with E-state index in [-0.39, 0.29) is 0 Å². The summed E-state index contributed by atoms with van der Waals surface area (Å²) in [6.07, 6.45) is 1.02. The second kappa shape index (κ2) is 5.57. The van der Waals surface area contributed by atoms with Crippen molar-refractivity contribution in [1.82, 2.24) is 10.3 Å². The fraction of sp³-hybridized carbons (Fsp3) is 0.417. The standard InChI is InChI=1S/C12H16N2S2/c1-9-7-16-12(14-9)3-5-13-10(2)11-4-6-15-8-11/h4,6-8,10,13H,3,5H2,1-2H3. The van der Waals surface area contributed by atoms with Gasteiger partial charge in [-0.05, 0) is 36.2 Å². The van der Waals surface area contributed by atoms with Crippen LogP contribution in [0.2, 0.25) is 0 Å². The SMILES string of the molecule is Cc1csc(CCNC(C)c2ccsc2)n1. The van der Waals surface area contributed by atoms with E-state index in [0.717, 1.165) is 18.7 Å². The number of thiazole rings is 1. The molecule has 0 fully saturated rings. The Bertz CT molecular complexity index is 420. The van der Waals surface area contributed by atoms with Gasteiger partial charge < -0.3 is 5.32 Å². The van der Waals surface area contributed by atoms with Crippen molar-refractivity contribution in [1.29, 1.82) is 0 Å². The fourth-order valence-electron chi connectivity index (χ4n) is 1.55. The predicted molar refractivity (Wildman–Crippen MR) is 71.3 cm³/mol. The minimum absolute atomic E-state index is 0.437. The molecule has 1 atom stereocenters. The van der Waals surface area contributed by atoms with E-state index in [9.17, 15) is 0 Å². The van der Waals surface area contributed by atoms with Gasteiger partial charge in [0.2, 0.25) is 0 Å². The van der Waals surface area contributed by atoms with E-state index in [0.29, 0.717) is 6.04 Å². The molecular formula is C12H16N2S2. The molecule has 0 aromatic carbocycles. The summed E-state index contributed by atoms with van der Waals surface area (Å²) in [5, 5.41) is 11.2. The molecule has 1 unspecified atom stereocenters. The number of hydrogen-bond donors (Lipinski definition) is 1. The predicted octanol–water partition coefficient (Wildman–Crippen LogP) is 3.41. The van der Waals surface area contributed by atoms with Crippen LogP contribution in [-0.2, 0) is 6.42 Å². The summed E-state index contributed by atoms with van der Waals surface area (Å²) >= 11 is 3.50. The minimum Gasteiger partial charge on any atom is -0.310 e. The van der Waals surface area contributed by atoms with Crippen LogP contribution >= 0.6 is 22.7 Å². The van der Waals surface area contributed by atoms with Gasteiger partial charge in [0, 0.05) is 30.1 Å². The maximum absolute atomic E-state index is 4.45. The van der Waals surface area contributed by atoms with Crippen LogP contribution < -0.4 is 5.32 Å². The zero-order valence-corrected chi connectivity index (χ0v) is 11.2. The van der Waals surface area contributed by atoms with E-state index in [2.05, 4.69) is 39.4 Å². The zero-order chi connectivity index (χ0) is 11.4. The first-order valence-electron chi connectivity index (χ1n) is 5.42. The molecule has 0 saturated heterocycles. The number of thiophene rings is 1. The van der Waals surface area contributed by atoms with Crippen molar-refractivity contribution in [3.05, 3.63) is 38.5 Å². The molecule has 2 aromatic rings. The molecule has 0 bridgehead atoms. The number of hydrogen-bond acceptors (Lipinski definition) is 4. The van der Waals surface area contributed by atoms with Gasteiger partial charge in [0.25, 0.3) is 0 Å². The van der Waals surface area contributed by atoms with Crippen LogP contribution in [0.1, 0.15) is 29.2 Å². The van der Waals surface area contributed by atoms with E-state index >= 15 is 0 Å². The summed E-state index contributed by atoms with van der Waals surface area (Å²) < 4.78 is 0. The molecule has 0 spiro atoms. The Labute approximate surface area is 104 Å². The van der Waals surface area contributed by atoms with Crippen molar-refractivity contribution >= 4 is 22.7 Å². The lowest BCUT2D eigenvalue weighted by molar-refractivity contribution is 0.577. The van der Waals surface area contributed by atoms with Gasteiger partial charge in [0.1, 0.15) is 0 Å². The number of aromatic nitrogens is 1. The van der Waals surface area contributed by atoms with Crippen LogP contribution in [-0.4, -0.2) is 11.5 Å². The molecule has 2 aromatic heterocycles. The average Bonchev–Trinajstić information content (AvgIpc) is 2.89. The summed E-state index contributed by atoms with van der Waals surface area (Å²) in [5.41, 5.74) is 2.51. The molecule has 0 aliphatic heterocycles. The Kier molecular flexibility index (Phi) is 4.09. The van der Waals surface area contributed by atoms with Crippen molar-refractivity contribution in [2.75, 3.05) is 6.54 Å². The monoisotopic (exact) mass is 252 g/mol. The number of nitrogens with one attached hydrogen (secondary N) is 1. The summed E-state index contributed by atoms with van der Waals surface area (Å²) in [5.74, 6) is 0. The topological polar surface area (TPSA) is 24.9 Å². The van der Waals surface area contributed by atoms with Crippen LogP contribution in [0.3, 0.4) is 0 Å².